The summed E-state index contributed by atoms with van der Waals surface area (Å²) in [6.45, 7) is 6.01. The molecule has 0 fully saturated rings. The third-order valence-corrected chi connectivity index (χ3v) is 4.69. The van der Waals surface area contributed by atoms with Gasteiger partial charge in [0.1, 0.15) is 0 Å². The van der Waals surface area contributed by atoms with Crippen LogP contribution < -0.4 is 5.32 Å². The van der Waals surface area contributed by atoms with E-state index in [1.807, 2.05) is 4.68 Å². The molecule has 0 aliphatic carbocycles. The van der Waals surface area contributed by atoms with Crippen LogP contribution in [0.4, 0.5) is 0 Å². The van der Waals surface area contributed by atoms with Gasteiger partial charge in [-0.3, -0.25) is 4.68 Å². The number of nitrogens with one attached hydrogen (secondary N) is 1. The molecule has 6 heteroatoms. The summed E-state index contributed by atoms with van der Waals surface area (Å²) in [5.74, 6) is 0. The van der Waals surface area contributed by atoms with Gasteiger partial charge in [0.25, 0.3) is 0 Å². The van der Waals surface area contributed by atoms with E-state index in [4.69, 9.17) is 11.6 Å². The van der Waals surface area contributed by atoms with Gasteiger partial charge in [0.05, 0.1) is 26.7 Å². The minimum atomic E-state index is 0.0918. The summed E-state index contributed by atoms with van der Waals surface area (Å²) in [6, 6.07) is 2.23. The van der Waals surface area contributed by atoms with Gasteiger partial charge in [-0.15, -0.1) is 11.3 Å². The van der Waals surface area contributed by atoms with Gasteiger partial charge in [0.2, 0.25) is 0 Å². The molecule has 3 nitrogen and oxygen atoms in total. The summed E-state index contributed by atoms with van der Waals surface area (Å²) < 4.78 is 3.13. The van der Waals surface area contributed by atoms with E-state index in [0.717, 1.165) is 34.0 Å². The standard InChI is InChI=1S/C13H17BrClN3S/c1-3-5-18-13(10(15)7-17-18)12(16-4-2)9-6-11(14)19-8-9/h6-8,12,16H,3-5H2,1-2H3. The van der Waals surface area contributed by atoms with Gasteiger partial charge in [-0.1, -0.05) is 25.4 Å². The van der Waals surface area contributed by atoms with Crippen LogP contribution in [-0.4, -0.2) is 16.3 Å². The molecule has 2 heterocycles. The molecule has 2 aromatic heterocycles. The molecule has 0 saturated heterocycles. The van der Waals surface area contributed by atoms with Crippen molar-refractivity contribution in [3.05, 3.63) is 37.7 Å². The number of aryl methyl sites for hydroxylation is 1. The van der Waals surface area contributed by atoms with Crippen LogP contribution in [0, 0.1) is 0 Å². The Hall–Kier alpha value is -0.360. The van der Waals surface area contributed by atoms with E-state index in [9.17, 15) is 0 Å². The molecular weight excluding hydrogens is 346 g/mol. The van der Waals surface area contributed by atoms with Crippen LogP contribution in [0.15, 0.2) is 21.4 Å². The van der Waals surface area contributed by atoms with E-state index in [-0.39, 0.29) is 6.04 Å². The molecule has 104 valence electrons. The summed E-state index contributed by atoms with van der Waals surface area (Å²) >= 11 is 11.5. The van der Waals surface area contributed by atoms with Crippen molar-refractivity contribution in [1.29, 1.82) is 0 Å². The van der Waals surface area contributed by atoms with Gasteiger partial charge >= 0.3 is 0 Å². The Morgan fingerprint density at radius 1 is 1.53 bits per heavy atom. The molecule has 0 spiro atoms. The lowest BCUT2D eigenvalue weighted by Crippen LogP contribution is -2.25. The maximum atomic E-state index is 6.34. The van der Waals surface area contributed by atoms with E-state index in [2.05, 4.69) is 51.6 Å². The smallest absolute Gasteiger partial charge is 0.0837 e. The van der Waals surface area contributed by atoms with Gasteiger partial charge in [0.15, 0.2) is 0 Å². The zero-order chi connectivity index (χ0) is 13.8. The molecule has 0 aromatic carbocycles. The average molecular weight is 363 g/mol. The molecule has 0 saturated carbocycles. The maximum Gasteiger partial charge on any atom is 0.0837 e. The highest BCUT2D eigenvalue weighted by Crippen LogP contribution is 2.32. The lowest BCUT2D eigenvalue weighted by molar-refractivity contribution is 0.521. The summed E-state index contributed by atoms with van der Waals surface area (Å²) in [6.07, 6.45) is 2.77. The molecule has 0 radical (unpaired) electrons. The van der Waals surface area contributed by atoms with Crippen LogP contribution in [0.25, 0.3) is 0 Å². The van der Waals surface area contributed by atoms with Crippen LogP contribution >= 0.6 is 38.9 Å². The molecular formula is C13H17BrClN3S. The van der Waals surface area contributed by atoms with Crippen molar-refractivity contribution >= 4 is 38.9 Å². The van der Waals surface area contributed by atoms with Crippen LogP contribution in [0.3, 0.4) is 0 Å². The second-order valence-corrected chi connectivity index (χ2v) is 6.97. The van der Waals surface area contributed by atoms with Gasteiger partial charge < -0.3 is 5.32 Å². The first kappa shape index (κ1) is 15.0. The summed E-state index contributed by atoms with van der Waals surface area (Å²) in [5.41, 5.74) is 2.27. The molecule has 19 heavy (non-hydrogen) atoms. The molecule has 2 rings (SSSR count). The highest BCUT2D eigenvalue weighted by Gasteiger charge is 2.22. The number of hydrogen-bond donors (Lipinski definition) is 1. The maximum absolute atomic E-state index is 6.34. The summed E-state index contributed by atoms with van der Waals surface area (Å²) in [7, 11) is 0. The minimum absolute atomic E-state index is 0.0918. The van der Waals surface area contributed by atoms with E-state index in [1.165, 1.54) is 5.56 Å². The van der Waals surface area contributed by atoms with E-state index >= 15 is 0 Å². The van der Waals surface area contributed by atoms with Crippen LogP contribution in [0.2, 0.25) is 5.02 Å². The first-order valence-corrected chi connectivity index (χ1v) is 8.40. The molecule has 0 amide bonds. The van der Waals surface area contributed by atoms with Gasteiger partial charge in [-0.2, -0.15) is 5.10 Å². The van der Waals surface area contributed by atoms with Crippen LogP contribution in [0.5, 0.6) is 0 Å². The SMILES string of the molecule is CCCn1ncc(Cl)c1C(NCC)c1csc(Br)c1. The van der Waals surface area contributed by atoms with E-state index in [1.54, 1.807) is 17.5 Å². The topological polar surface area (TPSA) is 29.9 Å². The molecule has 1 N–H and O–H groups in total. The summed E-state index contributed by atoms with van der Waals surface area (Å²) in [4.78, 5) is 0. The van der Waals surface area contributed by atoms with E-state index < -0.39 is 0 Å². The first-order chi connectivity index (χ1) is 9.17. The monoisotopic (exact) mass is 361 g/mol. The number of rotatable bonds is 6. The van der Waals surface area contributed by atoms with Crippen molar-refractivity contribution in [2.45, 2.75) is 32.9 Å². The lowest BCUT2D eigenvalue weighted by atomic mass is 10.1. The third-order valence-electron chi connectivity index (χ3n) is 2.87. The lowest BCUT2D eigenvalue weighted by Gasteiger charge is -2.19. The predicted molar refractivity (Wildman–Crippen MR) is 85.1 cm³/mol. The molecule has 2 aromatic rings. The zero-order valence-corrected chi connectivity index (χ0v) is 14.1. The van der Waals surface area contributed by atoms with Gasteiger partial charge in [-0.25, -0.2) is 0 Å². The van der Waals surface area contributed by atoms with Crippen LogP contribution in [-0.2, 0) is 6.54 Å². The van der Waals surface area contributed by atoms with Crippen LogP contribution in [0.1, 0.15) is 37.6 Å². The van der Waals surface area contributed by atoms with Crippen molar-refractivity contribution in [1.82, 2.24) is 15.1 Å². The fourth-order valence-electron chi connectivity index (χ4n) is 2.10. The molecule has 0 aliphatic heterocycles. The van der Waals surface area contributed by atoms with E-state index in [0.29, 0.717) is 0 Å². The first-order valence-electron chi connectivity index (χ1n) is 6.35. The highest BCUT2D eigenvalue weighted by molar-refractivity contribution is 9.11. The fourth-order valence-corrected chi connectivity index (χ4v) is 3.55. The molecule has 0 aliphatic rings. The zero-order valence-electron chi connectivity index (χ0n) is 11.0. The predicted octanol–water partition coefficient (Wildman–Crippen LogP) is 4.47. The van der Waals surface area contributed by atoms with Gasteiger partial charge in [0, 0.05) is 6.54 Å². The largest absolute Gasteiger partial charge is 0.305 e. The second kappa shape index (κ2) is 6.88. The third kappa shape index (κ3) is 3.40. The normalized spacial score (nSPS) is 12.8. The van der Waals surface area contributed by atoms with Crippen molar-refractivity contribution in [3.63, 3.8) is 0 Å². The average Bonchev–Trinajstić information content (AvgIpc) is 2.95. The highest BCUT2D eigenvalue weighted by atomic mass is 79.9. The Morgan fingerprint density at radius 3 is 2.89 bits per heavy atom. The number of hydrogen-bond acceptors (Lipinski definition) is 3. The number of aromatic nitrogens is 2. The Morgan fingerprint density at radius 2 is 2.32 bits per heavy atom. The Balaban J connectivity index is 2.41. The minimum Gasteiger partial charge on any atom is -0.305 e. The number of nitrogens with zero attached hydrogens (tertiary/aromatic N) is 2. The second-order valence-electron chi connectivity index (χ2n) is 4.28. The van der Waals surface area contributed by atoms with Gasteiger partial charge in [-0.05, 0) is 45.9 Å². The van der Waals surface area contributed by atoms with Crippen molar-refractivity contribution in [2.24, 2.45) is 0 Å². The van der Waals surface area contributed by atoms with Crippen molar-refractivity contribution < 1.29 is 0 Å². The quantitative estimate of drug-likeness (QED) is 0.821. The molecule has 1 unspecified atom stereocenters. The summed E-state index contributed by atoms with van der Waals surface area (Å²) in [5, 5.41) is 10.7. The van der Waals surface area contributed by atoms with Crippen molar-refractivity contribution in [2.75, 3.05) is 6.54 Å². The molecule has 0 bridgehead atoms. The Labute approximate surface area is 131 Å². The Bertz CT molecular complexity index is 538. The number of thiophene rings is 1. The molecule has 1 atom stereocenters. The van der Waals surface area contributed by atoms with Crippen molar-refractivity contribution in [3.8, 4) is 0 Å². The number of halogens is 2. The Kier molecular flexibility index (Phi) is 5.45. The fraction of sp³-hybridized carbons (Fsp3) is 0.462.